The van der Waals surface area contributed by atoms with E-state index in [9.17, 15) is 9.59 Å². The molecule has 0 saturated heterocycles. The minimum absolute atomic E-state index is 0.161. The Labute approximate surface area is 161 Å². The molecule has 0 aliphatic rings. The zero-order chi connectivity index (χ0) is 19.1. The normalized spacial score (nSPS) is 10.9. The van der Waals surface area contributed by atoms with E-state index in [1.807, 2.05) is 23.6 Å². The Morgan fingerprint density at radius 2 is 1.81 bits per heavy atom. The van der Waals surface area contributed by atoms with Crippen molar-refractivity contribution < 1.29 is 14.3 Å². The van der Waals surface area contributed by atoms with Gasteiger partial charge in [-0.3, -0.25) is 9.59 Å². The molecule has 2 amide bonds. The number of hydrogen-bond acceptors (Lipinski definition) is 4. The number of carbonyl (C=O) groups is 2. The van der Waals surface area contributed by atoms with Crippen LogP contribution in [-0.2, 0) is 4.79 Å². The minimum atomic E-state index is -0.416. The van der Waals surface area contributed by atoms with Gasteiger partial charge in [-0.1, -0.05) is 30.3 Å². The SMILES string of the molecule is COc1cccc(NC(=O)/C(=C/c2cccs2)NC(=O)c2ccccc2)c1. The van der Waals surface area contributed by atoms with Crippen LogP contribution in [0.2, 0.25) is 0 Å². The predicted octanol–water partition coefficient (Wildman–Crippen LogP) is 4.17. The maximum atomic E-state index is 12.8. The molecule has 0 aliphatic heterocycles. The zero-order valence-electron chi connectivity index (χ0n) is 14.6. The molecule has 6 heteroatoms. The number of amides is 2. The van der Waals surface area contributed by atoms with E-state index in [1.165, 1.54) is 11.3 Å². The molecule has 27 heavy (non-hydrogen) atoms. The summed E-state index contributed by atoms with van der Waals surface area (Å²) in [6.07, 6.45) is 1.65. The number of benzene rings is 2. The number of rotatable bonds is 6. The van der Waals surface area contributed by atoms with Crippen LogP contribution >= 0.6 is 11.3 Å². The van der Waals surface area contributed by atoms with E-state index in [2.05, 4.69) is 10.6 Å². The summed E-state index contributed by atoms with van der Waals surface area (Å²) in [5, 5.41) is 7.40. The summed E-state index contributed by atoms with van der Waals surface area (Å²) in [5.41, 5.74) is 1.21. The van der Waals surface area contributed by atoms with Gasteiger partial charge in [-0.25, -0.2) is 0 Å². The molecular formula is C21H18N2O3S. The number of anilines is 1. The highest BCUT2D eigenvalue weighted by atomic mass is 32.1. The summed E-state index contributed by atoms with van der Waals surface area (Å²) >= 11 is 1.48. The lowest BCUT2D eigenvalue weighted by atomic mass is 10.2. The van der Waals surface area contributed by atoms with Crippen molar-refractivity contribution in [2.45, 2.75) is 0 Å². The standard InChI is InChI=1S/C21H18N2O3S/c1-26-17-10-5-9-16(13-17)22-21(25)19(14-18-11-6-12-27-18)23-20(24)15-7-3-2-4-8-15/h2-14H,1H3,(H,22,25)(H,23,24)/b19-14-. The number of thiophene rings is 1. The Bertz CT molecular complexity index is 951. The molecule has 0 bridgehead atoms. The van der Waals surface area contributed by atoms with E-state index < -0.39 is 5.91 Å². The lowest BCUT2D eigenvalue weighted by molar-refractivity contribution is -0.113. The van der Waals surface area contributed by atoms with Crippen LogP contribution in [0, 0.1) is 0 Å². The Morgan fingerprint density at radius 3 is 2.52 bits per heavy atom. The van der Waals surface area contributed by atoms with Crippen molar-refractivity contribution in [1.82, 2.24) is 5.32 Å². The monoisotopic (exact) mass is 378 g/mol. The number of carbonyl (C=O) groups excluding carboxylic acids is 2. The molecule has 3 aromatic rings. The summed E-state index contributed by atoms with van der Waals surface area (Å²) in [6.45, 7) is 0. The first-order valence-electron chi connectivity index (χ1n) is 8.23. The van der Waals surface area contributed by atoms with Crippen LogP contribution in [0.15, 0.2) is 77.8 Å². The van der Waals surface area contributed by atoms with E-state index in [1.54, 1.807) is 61.7 Å². The number of methoxy groups -OCH3 is 1. The Morgan fingerprint density at radius 1 is 1.00 bits per heavy atom. The van der Waals surface area contributed by atoms with Gasteiger partial charge >= 0.3 is 0 Å². The van der Waals surface area contributed by atoms with Gasteiger partial charge in [0.2, 0.25) is 0 Å². The van der Waals surface area contributed by atoms with Crippen LogP contribution in [0.1, 0.15) is 15.2 Å². The first-order chi connectivity index (χ1) is 13.2. The lowest BCUT2D eigenvalue weighted by Gasteiger charge is -2.11. The topological polar surface area (TPSA) is 67.4 Å². The summed E-state index contributed by atoms with van der Waals surface area (Å²) in [5.74, 6) is -0.134. The van der Waals surface area contributed by atoms with Crippen molar-refractivity contribution in [3.05, 3.63) is 88.2 Å². The lowest BCUT2D eigenvalue weighted by Crippen LogP contribution is -2.30. The van der Waals surface area contributed by atoms with Gasteiger partial charge in [-0.15, -0.1) is 11.3 Å². The second-order valence-corrected chi connectivity index (χ2v) is 6.56. The molecular weight excluding hydrogens is 360 g/mol. The average molecular weight is 378 g/mol. The van der Waals surface area contributed by atoms with Gasteiger partial charge in [0, 0.05) is 22.2 Å². The molecule has 0 radical (unpaired) electrons. The van der Waals surface area contributed by atoms with Crippen LogP contribution in [0.4, 0.5) is 5.69 Å². The Kier molecular flexibility index (Phi) is 6.02. The van der Waals surface area contributed by atoms with Gasteiger partial charge in [0.05, 0.1) is 7.11 Å². The average Bonchev–Trinajstić information content (AvgIpc) is 3.21. The molecule has 0 fully saturated rings. The van der Waals surface area contributed by atoms with Gasteiger partial charge in [0.15, 0.2) is 0 Å². The second-order valence-electron chi connectivity index (χ2n) is 5.58. The summed E-state index contributed by atoms with van der Waals surface area (Å²) in [4.78, 5) is 26.1. The summed E-state index contributed by atoms with van der Waals surface area (Å²) in [6, 6.07) is 19.5. The molecule has 1 heterocycles. The van der Waals surface area contributed by atoms with Crippen molar-refractivity contribution in [3.63, 3.8) is 0 Å². The molecule has 2 aromatic carbocycles. The maximum Gasteiger partial charge on any atom is 0.272 e. The van der Waals surface area contributed by atoms with Crippen molar-refractivity contribution in [1.29, 1.82) is 0 Å². The number of nitrogens with one attached hydrogen (secondary N) is 2. The number of ether oxygens (including phenoxy) is 1. The number of hydrogen-bond donors (Lipinski definition) is 2. The highest BCUT2D eigenvalue weighted by Crippen LogP contribution is 2.18. The smallest absolute Gasteiger partial charge is 0.272 e. The minimum Gasteiger partial charge on any atom is -0.497 e. The fraction of sp³-hybridized carbons (Fsp3) is 0.0476. The molecule has 0 aliphatic carbocycles. The van der Waals surface area contributed by atoms with Crippen molar-refractivity contribution >= 4 is 34.9 Å². The van der Waals surface area contributed by atoms with Crippen LogP contribution in [-0.4, -0.2) is 18.9 Å². The molecule has 0 unspecified atom stereocenters. The van der Waals surface area contributed by atoms with E-state index in [4.69, 9.17) is 4.74 Å². The molecule has 136 valence electrons. The molecule has 0 saturated carbocycles. The zero-order valence-corrected chi connectivity index (χ0v) is 15.5. The third-order valence-corrected chi connectivity index (χ3v) is 4.51. The van der Waals surface area contributed by atoms with E-state index in [0.29, 0.717) is 17.0 Å². The predicted molar refractivity (Wildman–Crippen MR) is 108 cm³/mol. The third kappa shape index (κ3) is 5.05. The molecule has 3 rings (SSSR count). The maximum absolute atomic E-state index is 12.8. The molecule has 1 aromatic heterocycles. The highest BCUT2D eigenvalue weighted by molar-refractivity contribution is 7.10. The van der Waals surface area contributed by atoms with Crippen molar-refractivity contribution in [2.24, 2.45) is 0 Å². The summed E-state index contributed by atoms with van der Waals surface area (Å²) < 4.78 is 5.17. The quantitative estimate of drug-likeness (QED) is 0.633. The fourth-order valence-corrected chi connectivity index (χ4v) is 3.01. The molecule has 2 N–H and O–H groups in total. The molecule has 0 atom stereocenters. The Hall–Kier alpha value is -3.38. The van der Waals surface area contributed by atoms with Gasteiger partial charge in [-0.05, 0) is 41.8 Å². The van der Waals surface area contributed by atoms with Gasteiger partial charge < -0.3 is 15.4 Å². The largest absolute Gasteiger partial charge is 0.497 e. The van der Waals surface area contributed by atoms with Crippen molar-refractivity contribution in [3.8, 4) is 5.75 Å². The Balaban J connectivity index is 1.83. The van der Waals surface area contributed by atoms with Gasteiger partial charge in [0.1, 0.15) is 11.4 Å². The van der Waals surface area contributed by atoms with Crippen LogP contribution in [0.3, 0.4) is 0 Å². The highest BCUT2D eigenvalue weighted by Gasteiger charge is 2.15. The van der Waals surface area contributed by atoms with Gasteiger partial charge in [0.25, 0.3) is 11.8 Å². The summed E-state index contributed by atoms with van der Waals surface area (Å²) in [7, 11) is 1.56. The van der Waals surface area contributed by atoms with Crippen LogP contribution in [0.5, 0.6) is 5.75 Å². The first-order valence-corrected chi connectivity index (χ1v) is 9.10. The van der Waals surface area contributed by atoms with E-state index in [0.717, 1.165) is 4.88 Å². The second kappa shape index (κ2) is 8.82. The third-order valence-electron chi connectivity index (χ3n) is 3.69. The van der Waals surface area contributed by atoms with E-state index in [-0.39, 0.29) is 11.6 Å². The fourth-order valence-electron chi connectivity index (χ4n) is 2.36. The van der Waals surface area contributed by atoms with Crippen LogP contribution < -0.4 is 15.4 Å². The van der Waals surface area contributed by atoms with E-state index >= 15 is 0 Å². The molecule has 0 spiro atoms. The molecule has 5 nitrogen and oxygen atoms in total. The van der Waals surface area contributed by atoms with Crippen LogP contribution in [0.25, 0.3) is 6.08 Å². The first kappa shape index (κ1) is 18.4. The van der Waals surface area contributed by atoms with Gasteiger partial charge in [-0.2, -0.15) is 0 Å². The van der Waals surface area contributed by atoms with Crippen molar-refractivity contribution in [2.75, 3.05) is 12.4 Å².